The van der Waals surface area contributed by atoms with Crippen LogP contribution in [0.4, 0.5) is 0 Å². The van der Waals surface area contributed by atoms with E-state index in [2.05, 4.69) is 4.72 Å². The van der Waals surface area contributed by atoms with E-state index in [4.69, 9.17) is 0 Å². The van der Waals surface area contributed by atoms with Gasteiger partial charge in [0.1, 0.15) is 6.10 Å². The molecule has 2 aromatic heterocycles. The lowest BCUT2D eigenvalue weighted by molar-refractivity contribution is 0.224. The number of rotatable bonds is 6. The van der Waals surface area contributed by atoms with E-state index in [1.807, 2.05) is 41.1 Å². The molecule has 7 heteroatoms. The van der Waals surface area contributed by atoms with Crippen LogP contribution in [0.1, 0.15) is 45.4 Å². The van der Waals surface area contributed by atoms with E-state index >= 15 is 0 Å². The van der Waals surface area contributed by atoms with Crippen LogP contribution in [0.2, 0.25) is 0 Å². The zero-order valence-corrected chi connectivity index (χ0v) is 17.2. The van der Waals surface area contributed by atoms with Gasteiger partial charge in [0, 0.05) is 16.3 Å². The number of aliphatic hydroxyl groups is 1. The molecule has 0 fully saturated rings. The number of fused-ring (bicyclic) bond motifs is 1. The number of thiophene rings is 2. The third-order valence-electron chi connectivity index (χ3n) is 4.88. The minimum Gasteiger partial charge on any atom is -0.383 e. The molecule has 0 bridgehead atoms. The summed E-state index contributed by atoms with van der Waals surface area (Å²) in [6.07, 6.45) is 3.62. The average molecular weight is 420 g/mol. The molecule has 27 heavy (non-hydrogen) atoms. The maximum Gasteiger partial charge on any atom is 0.240 e. The summed E-state index contributed by atoms with van der Waals surface area (Å²) in [6.45, 7) is 0.223. The Morgan fingerprint density at radius 2 is 1.89 bits per heavy atom. The van der Waals surface area contributed by atoms with Crippen molar-refractivity contribution in [2.24, 2.45) is 0 Å². The molecule has 3 aromatic rings. The highest BCUT2D eigenvalue weighted by atomic mass is 32.2. The van der Waals surface area contributed by atoms with Crippen molar-refractivity contribution in [1.82, 2.24) is 4.72 Å². The van der Waals surface area contributed by atoms with Crippen molar-refractivity contribution in [2.75, 3.05) is 0 Å². The van der Waals surface area contributed by atoms with Crippen molar-refractivity contribution in [3.05, 3.63) is 73.6 Å². The van der Waals surface area contributed by atoms with Crippen molar-refractivity contribution in [1.29, 1.82) is 0 Å². The lowest BCUT2D eigenvalue weighted by Crippen LogP contribution is -2.23. The minimum absolute atomic E-state index is 0.223. The number of hydrogen-bond donors (Lipinski definition) is 2. The molecule has 0 spiro atoms. The summed E-state index contributed by atoms with van der Waals surface area (Å²) in [6, 6.07) is 11.1. The molecule has 142 valence electrons. The summed E-state index contributed by atoms with van der Waals surface area (Å²) in [5.41, 5.74) is 3.29. The third-order valence-corrected chi connectivity index (χ3v) is 8.12. The molecular weight excluding hydrogens is 398 g/mol. The lowest BCUT2D eigenvalue weighted by atomic mass is 9.92. The Labute approximate surface area is 167 Å². The summed E-state index contributed by atoms with van der Waals surface area (Å²) in [7, 11) is -3.55. The van der Waals surface area contributed by atoms with Crippen molar-refractivity contribution in [3.8, 4) is 0 Å². The predicted octanol–water partition coefficient (Wildman–Crippen LogP) is 4.25. The maximum atomic E-state index is 12.7. The molecule has 1 aliphatic rings. The lowest BCUT2D eigenvalue weighted by Gasteiger charge is -2.16. The highest BCUT2D eigenvalue weighted by Crippen LogP contribution is 2.30. The van der Waals surface area contributed by atoms with Gasteiger partial charge in [-0.05, 0) is 83.5 Å². The van der Waals surface area contributed by atoms with Crippen LogP contribution in [-0.4, -0.2) is 13.5 Å². The summed E-state index contributed by atoms with van der Waals surface area (Å²) in [5.74, 6) is 0. The second kappa shape index (κ2) is 7.85. The van der Waals surface area contributed by atoms with Gasteiger partial charge >= 0.3 is 0 Å². The Kier molecular flexibility index (Phi) is 5.48. The fourth-order valence-corrected chi connectivity index (χ4v) is 6.15. The summed E-state index contributed by atoms with van der Waals surface area (Å²) >= 11 is 2.97. The normalized spacial score (nSPS) is 15.4. The van der Waals surface area contributed by atoms with Crippen LogP contribution in [0.3, 0.4) is 0 Å². The molecule has 0 radical (unpaired) electrons. The molecule has 0 aliphatic heterocycles. The first kappa shape index (κ1) is 18.8. The standard InChI is InChI=1S/C20H21NO3S3/c22-20(16-9-10-25-13-16)19-8-6-17(26-19)12-21-27(23,24)18-7-5-14-3-1-2-4-15(14)11-18/h5-11,13,20-22H,1-4,12H2/t20-/m1/s1. The molecule has 0 saturated carbocycles. The van der Waals surface area contributed by atoms with E-state index in [0.29, 0.717) is 4.90 Å². The van der Waals surface area contributed by atoms with E-state index in [1.165, 1.54) is 23.3 Å². The molecule has 4 nitrogen and oxygen atoms in total. The van der Waals surface area contributed by atoms with Gasteiger partial charge in [-0.3, -0.25) is 0 Å². The van der Waals surface area contributed by atoms with Crippen molar-refractivity contribution in [2.45, 2.75) is 43.2 Å². The number of aryl methyl sites for hydroxylation is 2. The van der Waals surface area contributed by atoms with Crippen LogP contribution in [0.5, 0.6) is 0 Å². The van der Waals surface area contributed by atoms with E-state index < -0.39 is 16.1 Å². The predicted molar refractivity (Wildman–Crippen MR) is 110 cm³/mol. The summed E-state index contributed by atoms with van der Waals surface area (Å²) in [5, 5.41) is 14.2. The van der Waals surface area contributed by atoms with Gasteiger partial charge < -0.3 is 5.11 Å². The topological polar surface area (TPSA) is 66.4 Å². The average Bonchev–Trinajstić information content (AvgIpc) is 3.37. The van der Waals surface area contributed by atoms with Crippen LogP contribution in [0.15, 0.2) is 52.1 Å². The van der Waals surface area contributed by atoms with E-state index in [0.717, 1.165) is 40.1 Å². The first-order valence-electron chi connectivity index (χ1n) is 8.93. The van der Waals surface area contributed by atoms with Gasteiger partial charge in [0.25, 0.3) is 0 Å². The second-order valence-corrected chi connectivity index (χ2v) is 10.5. The molecule has 1 atom stereocenters. The highest BCUT2D eigenvalue weighted by molar-refractivity contribution is 7.89. The van der Waals surface area contributed by atoms with E-state index in [9.17, 15) is 13.5 Å². The zero-order valence-electron chi connectivity index (χ0n) is 14.7. The van der Waals surface area contributed by atoms with E-state index in [-0.39, 0.29) is 6.54 Å². The Balaban J connectivity index is 1.45. The van der Waals surface area contributed by atoms with Gasteiger partial charge in [-0.25, -0.2) is 13.1 Å². The van der Waals surface area contributed by atoms with Gasteiger partial charge in [0.15, 0.2) is 0 Å². The quantitative estimate of drug-likeness (QED) is 0.628. The van der Waals surface area contributed by atoms with Crippen LogP contribution in [0, 0.1) is 0 Å². The highest BCUT2D eigenvalue weighted by Gasteiger charge is 2.19. The minimum atomic E-state index is -3.55. The monoisotopic (exact) mass is 419 g/mol. The molecule has 0 saturated heterocycles. The van der Waals surface area contributed by atoms with Crippen molar-refractivity contribution >= 4 is 32.7 Å². The number of benzene rings is 1. The smallest absolute Gasteiger partial charge is 0.240 e. The first-order valence-corrected chi connectivity index (χ1v) is 12.2. The van der Waals surface area contributed by atoms with Gasteiger partial charge in [-0.2, -0.15) is 11.3 Å². The van der Waals surface area contributed by atoms with Gasteiger partial charge in [-0.1, -0.05) is 6.07 Å². The van der Waals surface area contributed by atoms with Crippen LogP contribution < -0.4 is 4.72 Å². The second-order valence-electron chi connectivity index (χ2n) is 6.73. The molecule has 4 rings (SSSR count). The molecule has 1 aliphatic carbocycles. The molecule has 2 heterocycles. The first-order chi connectivity index (χ1) is 13.0. The van der Waals surface area contributed by atoms with Crippen molar-refractivity contribution < 1.29 is 13.5 Å². The fraction of sp³-hybridized carbons (Fsp3) is 0.300. The Bertz CT molecular complexity index is 1020. The number of aliphatic hydroxyl groups excluding tert-OH is 1. The van der Waals surface area contributed by atoms with Crippen LogP contribution in [0.25, 0.3) is 0 Å². The molecule has 2 N–H and O–H groups in total. The largest absolute Gasteiger partial charge is 0.383 e. The third kappa shape index (κ3) is 4.17. The Hall–Kier alpha value is -1.51. The van der Waals surface area contributed by atoms with Gasteiger partial charge in [-0.15, -0.1) is 11.3 Å². The molecular formula is C20H21NO3S3. The molecule has 1 aromatic carbocycles. The zero-order chi connectivity index (χ0) is 18.9. The Morgan fingerprint density at radius 1 is 1.07 bits per heavy atom. The van der Waals surface area contributed by atoms with E-state index in [1.54, 1.807) is 17.4 Å². The number of sulfonamides is 1. The number of hydrogen-bond acceptors (Lipinski definition) is 5. The summed E-state index contributed by atoms with van der Waals surface area (Å²) in [4.78, 5) is 2.02. The molecule has 0 unspecified atom stereocenters. The Morgan fingerprint density at radius 3 is 2.67 bits per heavy atom. The fourth-order valence-electron chi connectivity index (χ4n) is 3.36. The van der Waals surface area contributed by atoms with Crippen LogP contribution >= 0.6 is 22.7 Å². The van der Waals surface area contributed by atoms with Gasteiger partial charge in [0.05, 0.1) is 4.90 Å². The van der Waals surface area contributed by atoms with Crippen LogP contribution in [-0.2, 0) is 29.4 Å². The van der Waals surface area contributed by atoms with Crippen molar-refractivity contribution in [3.63, 3.8) is 0 Å². The molecule has 0 amide bonds. The summed E-state index contributed by atoms with van der Waals surface area (Å²) < 4.78 is 28.0. The maximum absolute atomic E-state index is 12.7. The number of nitrogens with one attached hydrogen (secondary N) is 1. The SMILES string of the molecule is O=S(=O)(NCc1ccc([C@H](O)c2ccsc2)s1)c1ccc2c(c1)CCCC2. The van der Waals surface area contributed by atoms with Gasteiger partial charge in [0.2, 0.25) is 10.0 Å².